The van der Waals surface area contributed by atoms with Crippen LogP contribution in [0.25, 0.3) is 5.57 Å². The molecule has 0 radical (unpaired) electrons. The second-order valence-corrected chi connectivity index (χ2v) is 8.66. The van der Waals surface area contributed by atoms with Crippen LogP contribution in [-0.2, 0) is 9.59 Å². The lowest BCUT2D eigenvalue weighted by Gasteiger charge is -2.16. The van der Waals surface area contributed by atoms with E-state index < -0.39 is 0 Å². The van der Waals surface area contributed by atoms with Gasteiger partial charge in [0.15, 0.2) is 0 Å². The van der Waals surface area contributed by atoms with E-state index in [2.05, 4.69) is 29.4 Å². The van der Waals surface area contributed by atoms with Crippen molar-refractivity contribution in [2.45, 2.75) is 26.2 Å². The van der Waals surface area contributed by atoms with Crippen molar-refractivity contribution in [1.29, 1.82) is 0 Å². The van der Waals surface area contributed by atoms with E-state index in [-0.39, 0.29) is 11.8 Å². The Morgan fingerprint density at radius 3 is 2.69 bits per heavy atom. The molecule has 26 heavy (non-hydrogen) atoms. The van der Waals surface area contributed by atoms with Crippen molar-refractivity contribution in [3.8, 4) is 0 Å². The van der Waals surface area contributed by atoms with Gasteiger partial charge < -0.3 is 4.90 Å². The number of unbranched alkanes of at least 4 members (excludes halogenated alkanes) is 2. The van der Waals surface area contributed by atoms with Gasteiger partial charge in [0.05, 0.1) is 16.2 Å². The summed E-state index contributed by atoms with van der Waals surface area (Å²) < 4.78 is 1.34. The van der Waals surface area contributed by atoms with Crippen LogP contribution in [0.2, 0.25) is 0 Å². The molecule has 2 aliphatic heterocycles. The molecular formula is C19H19BrN2O2S2. The summed E-state index contributed by atoms with van der Waals surface area (Å²) in [6.45, 7) is 6.80. The standard InChI is InChI=1S/C19H19BrN2O2S2/c1-3-5-6-10-21-14-8-7-12(20)11-13(14)15(17(21)23)16-18(24)22(9-4-2)19(25)26-16/h4,7-8,11H,2-3,5-6,9-10H2,1H3. The van der Waals surface area contributed by atoms with Gasteiger partial charge in [0.2, 0.25) is 0 Å². The van der Waals surface area contributed by atoms with E-state index >= 15 is 0 Å². The van der Waals surface area contributed by atoms with Crippen LogP contribution < -0.4 is 4.90 Å². The molecule has 2 heterocycles. The molecule has 0 aromatic heterocycles. The third kappa shape index (κ3) is 3.40. The van der Waals surface area contributed by atoms with E-state index in [9.17, 15) is 9.59 Å². The topological polar surface area (TPSA) is 40.6 Å². The lowest BCUT2D eigenvalue weighted by molar-refractivity contribution is -0.122. The molecule has 2 aliphatic rings. The lowest BCUT2D eigenvalue weighted by Crippen LogP contribution is -2.30. The number of benzene rings is 1. The van der Waals surface area contributed by atoms with Gasteiger partial charge >= 0.3 is 0 Å². The quantitative estimate of drug-likeness (QED) is 0.271. The van der Waals surface area contributed by atoms with Gasteiger partial charge in [0.1, 0.15) is 4.32 Å². The average molecular weight is 451 g/mol. The highest BCUT2D eigenvalue weighted by Crippen LogP contribution is 2.45. The molecule has 1 aromatic carbocycles. The van der Waals surface area contributed by atoms with Gasteiger partial charge in [-0.25, -0.2) is 0 Å². The highest BCUT2D eigenvalue weighted by atomic mass is 79.9. The summed E-state index contributed by atoms with van der Waals surface area (Å²) >= 11 is 10.00. The Labute approximate surface area is 171 Å². The molecule has 0 saturated carbocycles. The molecule has 1 fully saturated rings. The zero-order valence-corrected chi connectivity index (χ0v) is 17.7. The van der Waals surface area contributed by atoms with Gasteiger partial charge in [-0.1, -0.05) is 65.8 Å². The first-order valence-corrected chi connectivity index (χ1v) is 10.5. The third-order valence-electron chi connectivity index (χ3n) is 4.35. The van der Waals surface area contributed by atoms with Gasteiger partial charge in [0.25, 0.3) is 11.8 Å². The van der Waals surface area contributed by atoms with E-state index in [4.69, 9.17) is 12.2 Å². The van der Waals surface area contributed by atoms with Crippen LogP contribution in [0.4, 0.5) is 5.69 Å². The Hall–Kier alpha value is -1.44. The van der Waals surface area contributed by atoms with Crippen molar-refractivity contribution in [3.05, 3.63) is 45.8 Å². The van der Waals surface area contributed by atoms with E-state index in [1.807, 2.05) is 18.2 Å². The number of amides is 2. The highest BCUT2D eigenvalue weighted by molar-refractivity contribution is 9.10. The molecule has 0 unspecified atom stereocenters. The Kier molecular flexibility index (Phi) is 5.99. The van der Waals surface area contributed by atoms with Gasteiger partial charge in [-0.05, 0) is 24.6 Å². The molecule has 1 saturated heterocycles. The molecule has 3 rings (SSSR count). The fourth-order valence-corrected chi connectivity index (χ4v) is 4.81. The zero-order chi connectivity index (χ0) is 18.8. The normalized spacial score (nSPS) is 19.5. The van der Waals surface area contributed by atoms with Gasteiger partial charge in [-0.2, -0.15) is 0 Å². The Morgan fingerprint density at radius 2 is 2.00 bits per heavy atom. The number of carbonyl (C=O) groups excluding carboxylic acids is 2. The first-order chi connectivity index (χ1) is 12.5. The number of thioether (sulfide) groups is 1. The van der Waals surface area contributed by atoms with E-state index in [0.717, 1.165) is 35.0 Å². The predicted octanol–water partition coefficient (Wildman–Crippen LogP) is 4.74. The number of thiocarbonyl (C=S) groups is 1. The highest BCUT2D eigenvalue weighted by Gasteiger charge is 2.41. The largest absolute Gasteiger partial charge is 0.308 e. The average Bonchev–Trinajstić information content (AvgIpc) is 3.03. The number of halogens is 1. The van der Waals surface area contributed by atoms with Crippen LogP contribution in [0.1, 0.15) is 31.7 Å². The summed E-state index contributed by atoms with van der Waals surface area (Å²) in [6.07, 6.45) is 4.72. The van der Waals surface area contributed by atoms with Gasteiger partial charge in [-0.15, -0.1) is 6.58 Å². The maximum atomic E-state index is 13.2. The molecule has 0 atom stereocenters. The van der Waals surface area contributed by atoms with Crippen molar-refractivity contribution in [2.75, 3.05) is 18.0 Å². The number of anilines is 1. The molecule has 2 amide bonds. The molecule has 0 N–H and O–H groups in total. The Morgan fingerprint density at radius 1 is 1.23 bits per heavy atom. The van der Waals surface area contributed by atoms with Crippen molar-refractivity contribution in [3.63, 3.8) is 0 Å². The SMILES string of the molecule is C=CCN1C(=O)C(=C2C(=O)N(CCCCC)c3ccc(Br)cc32)SC1=S. The monoisotopic (exact) mass is 450 g/mol. The van der Waals surface area contributed by atoms with Crippen LogP contribution in [0.3, 0.4) is 0 Å². The van der Waals surface area contributed by atoms with Crippen LogP contribution in [-0.4, -0.2) is 34.1 Å². The van der Waals surface area contributed by atoms with Crippen LogP contribution in [0.15, 0.2) is 40.2 Å². The van der Waals surface area contributed by atoms with Gasteiger partial charge in [-0.3, -0.25) is 14.5 Å². The van der Waals surface area contributed by atoms with Crippen molar-refractivity contribution in [1.82, 2.24) is 4.90 Å². The minimum absolute atomic E-state index is 0.117. The smallest absolute Gasteiger partial charge is 0.267 e. The van der Waals surface area contributed by atoms with Gasteiger partial charge in [0, 0.05) is 23.1 Å². The fraction of sp³-hybridized carbons (Fsp3) is 0.316. The molecule has 7 heteroatoms. The van der Waals surface area contributed by atoms with Crippen molar-refractivity contribution < 1.29 is 9.59 Å². The molecule has 4 nitrogen and oxygen atoms in total. The second kappa shape index (κ2) is 8.06. The lowest BCUT2D eigenvalue weighted by atomic mass is 10.1. The van der Waals surface area contributed by atoms with Crippen LogP contribution >= 0.6 is 39.9 Å². The fourth-order valence-electron chi connectivity index (χ4n) is 3.10. The van der Waals surface area contributed by atoms with E-state index in [1.54, 1.807) is 11.0 Å². The minimum atomic E-state index is -0.218. The molecule has 0 spiro atoms. The Balaban J connectivity index is 2.06. The molecule has 1 aromatic rings. The summed E-state index contributed by atoms with van der Waals surface area (Å²) in [5, 5.41) is 0. The maximum absolute atomic E-state index is 13.2. The summed E-state index contributed by atoms with van der Waals surface area (Å²) in [5.74, 6) is -0.335. The summed E-state index contributed by atoms with van der Waals surface area (Å²) in [5.41, 5.74) is 2.11. The number of carbonyl (C=O) groups is 2. The zero-order valence-electron chi connectivity index (χ0n) is 14.5. The maximum Gasteiger partial charge on any atom is 0.267 e. The third-order valence-corrected chi connectivity index (χ3v) is 6.29. The number of hydrogen-bond acceptors (Lipinski definition) is 4. The molecular weight excluding hydrogens is 432 g/mol. The first kappa shape index (κ1) is 19.3. The minimum Gasteiger partial charge on any atom is -0.308 e. The number of fused-ring (bicyclic) bond motifs is 1. The summed E-state index contributed by atoms with van der Waals surface area (Å²) in [6, 6.07) is 5.76. The van der Waals surface area contributed by atoms with Crippen molar-refractivity contribution in [2.24, 2.45) is 0 Å². The van der Waals surface area contributed by atoms with E-state index in [1.165, 1.54) is 16.7 Å². The number of rotatable bonds is 6. The second-order valence-electron chi connectivity index (χ2n) is 6.10. The van der Waals surface area contributed by atoms with Crippen LogP contribution in [0, 0.1) is 0 Å². The number of hydrogen-bond donors (Lipinski definition) is 0. The predicted molar refractivity (Wildman–Crippen MR) is 115 cm³/mol. The van der Waals surface area contributed by atoms with Crippen molar-refractivity contribution >= 4 is 67.3 Å². The number of nitrogens with zero attached hydrogens (tertiary/aromatic N) is 2. The first-order valence-electron chi connectivity index (χ1n) is 8.50. The molecule has 136 valence electrons. The Bertz CT molecular complexity index is 835. The summed E-state index contributed by atoms with van der Waals surface area (Å²) in [4.78, 5) is 29.7. The molecule has 0 bridgehead atoms. The summed E-state index contributed by atoms with van der Waals surface area (Å²) in [7, 11) is 0. The molecule has 0 aliphatic carbocycles. The van der Waals surface area contributed by atoms with E-state index in [0.29, 0.717) is 27.9 Å². The van der Waals surface area contributed by atoms with Crippen LogP contribution in [0.5, 0.6) is 0 Å².